The van der Waals surface area contributed by atoms with Gasteiger partial charge in [-0.25, -0.2) is 4.68 Å². The average molecular weight is 401 g/mol. The average Bonchev–Trinajstić information content (AvgIpc) is 3.07. The Morgan fingerprint density at radius 3 is 2.70 bits per heavy atom. The number of carbonyl (C=O) groups excluding carboxylic acids is 2. The predicted molar refractivity (Wildman–Crippen MR) is 105 cm³/mol. The number of carbonyl (C=O) groups is 2. The van der Waals surface area contributed by atoms with Crippen LogP contribution in [0.2, 0.25) is 10.0 Å². The summed E-state index contributed by atoms with van der Waals surface area (Å²) in [5, 5.41) is 10.7. The third-order valence-electron chi connectivity index (χ3n) is 4.30. The lowest BCUT2D eigenvalue weighted by atomic mass is 10.1. The second kappa shape index (κ2) is 7.06. The molecule has 3 aromatic rings. The van der Waals surface area contributed by atoms with Gasteiger partial charge >= 0.3 is 0 Å². The molecule has 0 radical (unpaired) electrons. The van der Waals surface area contributed by atoms with E-state index < -0.39 is 6.04 Å². The number of aromatic nitrogens is 2. The predicted octanol–water partition coefficient (Wildman–Crippen LogP) is 4.38. The molecular formula is C19H14Cl2N4O2. The van der Waals surface area contributed by atoms with Crippen molar-refractivity contribution in [3.63, 3.8) is 0 Å². The van der Waals surface area contributed by atoms with Crippen LogP contribution < -0.4 is 10.6 Å². The highest BCUT2D eigenvalue weighted by atomic mass is 35.5. The topological polar surface area (TPSA) is 76.0 Å². The summed E-state index contributed by atoms with van der Waals surface area (Å²) in [6.07, 6.45) is 1.63. The minimum atomic E-state index is -0.780. The summed E-state index contributed by atoms with van der Waals surface area (Å²) >= 11 is 12.0. The van der Waals surface area contributed by atoms with Gasteiger partial charge in [0.05, 0.1) is 23.3 Å². The minimum absolute atomic E-state index is 0.0139. The van der Waals surface area contributed by atoms with Crippen LogP contribution in [-0.2, 0) is 9.59 Å². The fraction of sp³-hybridized carbons (Fsp3) is 0.105. The first-order chi connectivity index (χ1) is 13.0. The molecule has 0 aliphatic carbocycles. The minimum Gasteiger partial charge on any atom is -0.323 e. The molecule has 2 aromatic carbocycles. The zero-order chi connectivity index (χ0) is 19.0. The highest BCUT2D eigenvalue weighted by molar-refractivity contribution is 6.36. The summed E-state index contributed by atoms with van der Waals surface area (Å²) in [6, 6.07) is 13.5. The molecule has 4 rings (SSSR count). The number of hydrogen-bond donors (Lipinski definition) is 2. The Hall–Kier alpha value is -2.83. The zero-order valence-corrected chi connectivity index (χ0v) is 15.5. The first-order valence-corrected chi connectivity index (χ1v) is 8.97. The van der Waals surface area contributed by atoms with Crippen LogP contribution in [-0.4, -0.2) is 21.6 Å². The van der Waals surface area contributed by atoms with E-state index in [1.54, 1.807) is 24.4 Å². The molecule has 136 valence electrons. The zero-order valence-electron chi connectivity index (χ0n) is 13.9. The standard InChI is InChI=1S/C19H14Cl2N4O2/c20-12-6-7-15(14(21)8-12)23-19(27)16-9-17(26)24-18-13(10-22-25(16)18)11-4-2-1-3-5-11/h1-8,10,16H,9H2,(H,23,27)(H,24,26)/t16-/m1/s1. The van der Waals surface area contributed by atoms with Gasteiger partial charge < -0.3 is 10.6 Å². The first kappa shape index (κ1) is 17.6. The Kier molecular flexibility index (Phi) is 4.59. The molecular weight excluding hydrogens is 387 g/mol. The number of hydrogen-bond acceptors (Lipinski definition) is 3. The molecule has 0 fully saturated rings. The molecule has 27 heavy (non-hydrogen) atoms. The molecule has 2 N–H and O–H groups in total. The maximum absolute atomic E-state index is 12.8. The van der Waals surface area contributed by atoms with Crippen molar-refractivity contribution in [2.45, 2.75) is 12.5 Å². The second-order valence-corrected chi connectivity index (χ2v) is 6.94. The van der Waals surface area contributed by atoms with Gasteiger partial charge in [0, 0.05) is 10.6 Å². The maximum atomic E-state index is 12.8. The van der Waals surface area contributed by atoms with Crippen molar-refractivity contribution in [3.05, 3.63) is 64.8 Å². The van der Waals surface area contributed by atoms with Gasteiger partial charge in [-0.2, -0.15) is 5.10 Å². The molecule has 1 aliphatic rings. The van der Waals surface area contributed by atoms with Gasteiger partial charge in [0.15, 0.2) is 0 Å². The Balaban J connectivity index is 1.66. The number of nitrogens with one attached hydrogen (secondary N) is 2. The lowest BCUT2D eigenvalue weighted by Crippen LogP contribution is -2.35. The molecule has 1 aliphatic heterocycles. The molecule has 0 saturated heterocycles. The number of rotatable bonds is 3. The van der Waals surface area contributed by atoms with Gasteiger partial charge in [-0.05, 0) is 23.8 Å². The van der Waals surface area contributed by atoms with E-state index in [4.69, 9.17) is 23.2 Å². The van der Waals surface area contributed by atoms with Gasteiger partial charge in [-0.1, -0.05) is 53.5 Å². The first-order valence-electron chi connectivity index (χ1n) is 8.21. The van der Waals surface area contributed by atoms with Crippen molar-refractivity contribution in [2.24, 2.45) is 0 Å². The van der Waals surface area contributed by atoms with Crippen LogP contribution >= 0.6 is 23.2 Å². The number of benzene rings is 2. The number of nitrogens with zero attached hydrogens (tertiary/aromatic N) is 2. The Morgan fingerprint density at radius 1 is 1.19 bits per heavy atom. The summed E-state index contributed by atoms with van der Waals surface area (Å²) < 4.78 is 1.53. The molecule has 2 heterocycles. The van der Waals surface area contributed by atoms with Gasteiger partial charge in [0.2, 0.25) is 11.8 Å². The van der Waals surface area contributed by atoms with Crippen LogP contribution in [0.5, 0.6) is 0 Å². The fourth-order valence-corrected chi connectivity index (χ4v) is 3.46. The van der Waals surface area contributed by atoms with Gasteiger partial charge in [-0.15, -0.1) is 0 Å². The van der Waals surface area contributed by atoms with Crippen molar-refractivity contribution >= 4 is 46.5 Å². The lowest BCUT2D eigenvalue weighted by Gasteiger charge is -2.24. The highest BCUT2D eigenvalue weighted by Crippen LogP contribution is 2.35. The number of amides is 2. The van der Waals surface area contributed by atoms with Crippen molar-refractivity contribution in [1.82, 2.24) is 9.78 Å². The molecule has 0 spiro atoms. The van der Waals surface area contributed by atoms with E-state index >= 15 is 0 Å². The summed E-state index contributed by atoms with van der Waals surface area (Å²) in [7, 11) is 0. The van der Waals surface area contributed by atoms with E-state index in [2.05, 4.69) is 15.7 Å². The van der Waals surface area contributed by atoms with Crippen molar-refractivity contribution in [3.8, 4) is 11.1 Å². The summed E-state index contributed by atoms with van der Waals surface area (Å²) in [5.41, 5.74) is 2.08. The molecule has 8 heteroatoms. The van der Waals surface area contributed by atoms with Crippen molar-refractivity contribution < 1.29 is 9.59 Å². The van der Waals surface area contributed by atoms with Crippen LogP contribution in [0.1, 0.15) is 12.5 Å². The second-order valence-electron chi connectivity index (χ2n) is 6.10. The van der Waals surface area contributed by atoms with Crippen molar-refractivity contribution in [1.29, 1.82) is 0 Å². The Morgan fingerprint density at radius 2 is 1.96 bits per heavy atom. The summed E-state index contributed by atoms with van der Waals surface area (Å²) in [5.74, 6) is -0.125. The van der Waals surface area contributed by atoms with E-state index in [0.29, 0.717) is 21.6 Å². The SMILES string of the molecule is O=C1C[C@H](C(=O)Nc2ccc(Cl)cc2Cl)n2ncc(-c3ccccc3)c2N1. The lowest BCUT2D eigenvalue weighted by molar-refractivity contribution is -0.125. The van der Waals surface area contributed by atoms with E-state index in [1.807, 2.05) is 30.3 Å². The third kappa shape index (κ3) is 3.41. The fourth-order valence-electron chi connectivity index (χ4n) is 3.01. The molecule has 0 unspecified atom stereocenters. The molecule has 2 amide bonds. The van der Waals surface area contributed by atoms with E-state index in [1.165, 1.54) is 4.68 Å². The molecule has 6 nitrogen and oxygen atoms in total. The van der Waals surface area contributed by atoms with E-state index in [-0.39, 0.29) is 18.2 Å². The smallest absolute Gasteiger partial charge is 0.249 e. The van der Waals surface area contributed by atoms with Gasteiger partial charge in [-0.3, -0.25) is 9.59 Å². The van der Waals surface area contributed by atoms with E-state index in [9.17, 15) is 9.59 Å². The summed E-state index contributed by atoms with van der Waals surface area (Å²) in [6.45, 7) is 0. The highest BCUT2D eigenvalue weighted by Gasteiger charge is 2.33. The molecule has 1 aromatic heterocycles. The van der Waals surface area contributed by atoms with Crippen LogP contribution in [0.4, 0.5) is 11.5 Å². The number of fused-ring (bicyclic) bond motifs is 1. The Labute approximate surface area is 165 Å². The quantitative estimate of drug-likeness (QED) is 0.684. The molecule has 0 saturated carbocycles. The molecule has 1 atom stereocenters. The third-order valence-corrected chi connectivity index (χ3v) is 4.85. The molecule has 0 bridgehead atoms. The van der Waals surface area contributed by atoms with Crippen LogP contribution in [0.25, 0.3) is 11.1 Å². The van der Waals surface area contributed by atoms with Crippen LogP contribution in [0.15, 0.2) is 54.7 Å². The van der Waals surface area contributed by atoms with Crippen LogP contribution in [0, 0.1) is 0 Å². The Bertz CT molecular complexity index is 1030. The van der Waals surface area contributed by atoms with Crippen molar-refractivity contribution in [2.75, 3.05) is 10.6 Å². The normalized spacial score (nSPS) is 15.8. The maximum Gasteiger partial charge on any atom is 0.249 e. The van der Waals surface area contributed by atoms with Crippen LogP contribution in [0.3, 0.4) is 0 Å². The van der Waals surface area contributed by atoms with Gasteiger partial charge in [0.1, 0.15) is 11.9 Å². The number of anilines is 2. The summed E-state index contributed by atoms with van der Waals surface area (Å²) in [4.78, 5) is 25.0. The van der Waals surface area contributed by atoms with E-state index in [0.717, 1.165) is 11.1 Å². The monoisotopic (exact) mass is 400 g/mol. The largest absolute Gasteiger partial charge is 0.323 e. The number of halogens is 2. The van der Waals surface area contributed by atoms with Gasteiger partial charge in [0.25, 0.3) is 0 Å².